The molecule has 0 saturated heterocycles. The average molecular weight is 220 g/mol. The monoisotopic (exact) mass is 220 g/mol. The smallest absolute Gasteiger partial charge is 0 e. The molecule has 0 saturated carbocycles. The Labute approximate surface area is 96.4 Å². The predicted octanol–water partition coefficient (Wildman–Crippen LogP) is 2.13. The van der Waals surface area contributed by atoms with Crippen molar-refractivity contribution in [3.63, 3.8) is 0 Å². The molecule has 0 aliphatic carbocycles. The number of nitrogens with one attached hydrogen (secondary N) is 1. The van der Waals surface area contributed by atoms with Crippen molar-refractivity contribution in [1.29, 1.82) is 0 Å². The molecule has 0 fully saturated rings. The van der Waals surface area contributed by atoms with Gasteiger partial charge in [0.15, 0.2) is 0 Å². The van der Waals surface area contributed by atoms with Gasteiger partial charge in [0, 0.05) is 21.7 Å². The van der Waals surface area contributed by atoms with Gasteiger partial charge in [0.1, 0.15) is 0 Å². The molecule has 72 valence electrons. The van der Waals surface area contributed by atoms with E-state index in [9.17, 15) is 0 Å². The third-order valence-corrected chi connectivity index (χ3v) is 0.329. The normalized spacial score (nSPS) is 8.75. The molecule has 3 heteroatoms. The second-order valence-corrected chi connectivity index (χ2v) is 3.01. The molecule has 0 unspecified atom stereocenters. The van der Waals surface area contributed by atoms with E-state index in [0.717, 1.165) is 0 Å². The molecule has 0 bridgehead atoms. The van der Waals surface area contributed by atoms with Crippen LogP contribution in [0.1, 0.15) is 27.7 Å². The molecular formula is C9H22NSiTi-. The van der Waals surface area contributed by atoms with Crippen LogP contribution in [0.15, 0.2) is 24.8 Å². The number of rotatable bonds is 1. The molecule has 0 amide bonds. The summed E-state index contributed by atoms with van der Waals surface area (Å²) in [5, 5.41) is 0. The molecule has 0 aliphatic rings. The predicted molar refractivity (Wildman–Crippen MR) is 60.4 cm³/mol. The Balaban J connectivity index is -0.0000000457. The van der Waals surface area contributed by atoms with E-state index in [1.54, 1.807) is 6.08 Å². The average Bonchev–Trinajstić information content (AvgIpc) is 1.63. The first-order valence-electron chi connectivity index (χ1n) is 3.40. The Hall–Kier alpha value is 0.371. The Bertz CT molecular complexity index is 99.6. The fraction of sp³-hybridized carbons (Fsp3) is 0.556. The SMILES string of the molecule is C=CC=CC.CC(C)(C)[NH-].[SiH4].[Ti]. The van der Waals surface area contributed by atoms with Crippen LogP contribution in [0, 0.1) is 0 Å². The molecule has 0 radical (unpaired) electrons. The first-order valence-corrected chi connectivity index (χ1v) is 3.40. The fourth-order valence-corrected chi connectivity index (χ4v) is 0.136. The van der Waals surface area contributed by atoms with E-state index < -0.39 is 0 Å². The van der Waals surface area contributed by atoms with E-state index in [0.29, 0.717) is 0 Å². The largest absolute Gasteiger partial charge is 0.673 e. The molecule has 0 aromatic rings. The summed E-state index contributed by atoms with van der Waals surface area (Å²) in [7, 11) is 0. The fourth-order valence-electron chi connectivity index (χ4n) is 0.136. The molecule has 0 aromatic carbocycles. The van der Waals surface area contributed by atoms with Gasteiger partial charge in [-0.15, -0.1) is 5.54 Å². The summed E-state index contributed by atoms with van der Waals surface area (Å²) in [4.78, 5) is 0. The van der Waals surface area contributed by atoms with Crippen molar-refractivity contribution in [3.8, 4) is 0 Å². The van der Waals surface area contributed by atoms with Gasteiger partial charge in [0.2, 0.25) is 0 Å². The van der Waals surface area contributed by atoms with Crippen molar-refractivity contribution < 1.29 is 21.7 Å². The van der Waals surface area contributed by atoms with Crippen molar-refractivity contribution in [3.05, 3.63) is 30.5 Å². The van der Waals surface area contributed by atoms with Crippen molar-refractivity contribution in [2.45, 2.75) is 33.2 Å². The van der Waals surface area contributed by atoms with Gasteiger partial charge in [-0.1, -0.05) is 45.6 Å². The van der Waals surface area contributed by atoms with Crippen LogP contribution < -0.4 is 0 Å². The van der Waals surface area contributed by atoms with Gasteiger partial charge in [-0.3, -0.25) is 0 Å². The van der Waals surface area contributed by atoms with Gasteiger partial charge in [0.25, 0.3) is 0 Å². The van der Waals surface area contributed by atoms with Crippen LogP contribution in [-0.2, 0) is 21.7 Å². The quantitative estimate of drug-likeness (QED) is 0.477. The van der Waals surface area contributed by atoms with E-state index in [1.165, 1.54) is 0 Å². The zero-order chi connectivity index (χ0) is 8.62. The van der Waals surface area contributed by atoms with Crippen LogP contribution in [0.3, 0.4) is 0 Å². The van der Waals surface area contributed by atoms with Gasteiger partial charge < -0.3 is 5.73 Å². The van der Waals surface area contributed by atoms with Gasteiger partial charge in [0.05, 0.1) is 0 Å². The minimum Gasteiger partial charge on any atom is -0.673 e. The molecule has 0 aromatic heterocycles. The van der Waals surface area contributed by atoms with Crippen molar-refractivity contribution >= 4 is 11.0 Å². The first kappa shape index (κ1) is 22.8. The van der Waals surface area contributed by atoms with Crippen molar-refractivity contribution in [1.82, 2.24) is 0 Å². The molecule has 0 atom stereocenters. The summed E-state index contributed by atoms with van der Waals surface area (Å²) in [6, 6.07) is 0. The van der Waals surface area contributed by atoms with Crippen LogP contribution in [0.25, 0.3) is 5.73 Å². The molecule has 12 heavy (non-hydrogen) atoms. The zero-order valence-electron chi connectivity index (χ0n) is 7.94. The van der Waals surface area contributed by atoms with Crippen molar-refractivity contribution in [2.75, 3.05) is 0 Å². The number of hydrogen-bond donors (Lipinski definition) is 0. The maximum Gasteiger partial charge on any atom is 0 e. The van der Waals surface area contributed by atoms with E-state index >= 15 is 0 Å². The summed E-state index contributed by atoms with van der Waals surface area (Å²) in [5.74, 6) is 0. The van der Waals surface area contributed by atoms with Gasteiger partial charge in [-0.2, -0.15) is 0 Å². The minimum absolute atomic E-state index is 0. The van der Waals surface area contributed by atoms with Crippen LogP contribution in [0.2, 0.25) is 0 Å². The first-order chi connectivity index (χ1) is 4.41. The van der Waals surface area contributed by atoms with Crippen LogP contribution in [-0.4, -0.2) is 16.5 Å². The topological polar surface area (TPSA) is 23.8 Å². The van der Waals surface area contributed by atoms with Gasteiger partial charge >= 0.3 is 0 Å². The molecule has 1 nitrogen and oxygen atoms in total. The Kier molecular flexibility index (Phi) is 26.5. The standard InChI is InChI=1S/C5H8.C4H10N.H4Si.Ti/c1-3-5-4-2;1-4(2,3)5;;/h3-5H,1H2,2H3;5H,1-3H3;1H4;/q;-1;;. The Morgan fingerprint density at radius 3 is 1.50 bits per heavy atom. The second kappa shape index (κ2) is 13.9. The Morgan fingerprint density at radius 2 is 1.50 bits per heavy atom. The van der Waals surface area contributed by atoms with Gasteiger partial charge in [-0.25, -0.2) is 0 Å². The zero-order valence-corrected chi connectivity index (χ0v) is 9.50. The molecule has 0 spiro atoms. The van der Waals surface area contributed by atoms with Crippen molar-refractivity contribution in [2.24, 2.45) is 0 Å². The van der Waals surface area contributed by atoms with E-state index in [2.05, 4.69) is 6.58 Å². The number of allylic oxidation sites excluding steroid dienone is 3. The van der Waals surface area contributed by atoms with Crippen LogP contribution in [0.5, 0.6) is 0 Å². The number of hydrogen-bond acceptors (Lipinski definition) is 0. The summed E-state index contributed by atoms with van der Waals surface area (Å²) in [6.07, 6.45) is 5.58. The van der Waals surface area contributed by atoms with E-state index in [1.807, 2.05) is 39.8 Å². The summed E-state index contributed by atoms with van der Waals surface area (Å²) < 4.78 is 0. The second-order valence-electron chi connectivity index (χ2n) is 3.01. The summed E-state index contributed by atoms with van der Waals surface area (Å²) in [6.45, 7) is 11.0. The maximum atomic E-state index is 6.94. The third-order valence-electron chi connectivity index (χ3n) is 0.329. The summed E-state index contributed by atoms with van der Waals surface area (Å²) in [5.41, 5.74) is 6.69. The molecular weight excluding hydrogens is 198 g/mol. The third kappa shape index (κ3) is 162. The molecule has 0 rings (SSSR count). The van der Waals surface area contributed by atoms with Crippen LogP contribution in [0.4, 0.5) is 0 Å². The molecule has 1 N–H and O–H groups in total. The molecule has 0 heterocycles. The van der Waals surface area contributed by atoms with Gasteiger partial charge in [-0.05, 0) is 17.9 Å². The van der Waals surface area contributed by atoms with E-state index in [-0.39, 0.29) is 38.2 Å². The Morgan fingerprint density at radius 1 is 1.25 bits per heavy atom. The maximum absolute atomic E-state index is 6.94. The molecule has 0 aliphatic heterocycles. The van der Waals surface area contributed by atoms with Crippen LogP contribution >= 0.6 is 0 Å². The summed E-state index contributed by atoms with van der Waals surface area (Å²) >= 11 is 0. The van der Waals surface area contributed by atoms with E-state index in [4.69, 9.17) is 5.73 Å². The minimum atomic E-state index is -0.250.